The molecule has 31 heavy (non-hydrogen) atoms. The first-order valence-corrected chi connectivity index (χ1v) is 12.1. The summed E-state index contributed by atoms with van der Waals surface area (Å²) < 4.78 is 28.3. The zero-order valence-electron chi connectivity index (χ0n) is 18.0. The molecule has 6 nitrogen and oxygen atoms in total. The number of hydrogen-bond acceptors (Lipinski definition) is 4. The number of carbonyl (C=O) groups is 1. The number of amides is 1. The average Bonchev–Trinajstić information content (AvgIpc) is 2.78. The number of rotatable bonds is 4. The molecule has 0 radical (unpaired) electrons. The highest BCUT2D eigenvalue weighted by atomic mass is 32.2. The molecule has 2 heterocycles. The Bertz CT molecular complexity index is 1060. The van der Waals surface area contributed by atoms with Crippen LogP contribution in [0.4, 0.5) is 0 Å². The quantitative estimate of drug-likeness (QED) is 0.782. The van der Waals surface area contributed by atoms with Gasteiger partial charge in [0.15, 0.2) is 0 Å². The average molecular weight is 440 g/mol. The van der Waals surface area contributed by atoms with Crippen LogP contribution in [0.15, 0.2) is 59.5 Å². The van der Waals surface area contributed by atoms with Crippen LogP contribution >= 0.6 is 0 Å². The van der Waals surface area contributed by atoms with Gasteiger partial charge >= 0.3 is 0 Å². The Hall–Kier alpha value is -2.51. The van der Waals surface area contributed by atoms with E-state index < -0.39 is 10.0 Å². The third-order valence-corrected chi connectivity index (χ3v) is 8.75. The molecule has 0 saturated carbocycles. The standard InChI is InChI=1S/C24H29N3O3S/c1-24(15-22(25)26(2)23(28)16-24)20-9-6-14-27(17-20)31(29,30)21-12-10-19(11-13-21)18-7-4-3-5-8-18/h3-5,7-8,10-13,20,25H,6,9,14-17H2,1-2H3/t20?,24-/m0/s1. The summed E-state index contributed by atoms with van der Waals surface area (Å²) in [5.74, 6) is 0.308. The van der Waals surface area contributed by atoms with Crippen LogP contribution in [0.2, 0.25) is 0 Å². The number of nitrogens with zero attached hydrogens (tertiary/aromatic N) is 2. The first kappa shape index (κ1) is 21.7. The summed E-state index contributed by atoms with van der Waals surface area (Å²) in [6, 6.07) is 16.9. The summed E-state index contributed by atoms with van der Waals surface area (Å²) in [5, 5.41) is 8.17. The number of carbonyl (C=O) groups excluding carboxylic acids is 1. The van der Waals surface area contributed by atoms with Crippen molar-refractivity contribution in [2.75, 3.05) is 20.1 Å². The molecule has 164 valence electrons. The van der Waals surface area contributed by atoms with Crippen LogP contribution in [0.5, 0.6) is 0 Å². The highest BCUT2D eigenvalue weighted by molar-refractivity contribution is 7.89. The molecule has 1 unspecified atom stereocenters. The summed E-state index contributed by atoms with van der Waals surface area (Å²) in [5.41, 5.74) is 1.64. The van der Waals surface area contributed by atoms with Crippen LogP contribution < -0.4 is 0 Å². The smallest absolute Gasteiger partial charge is 0.243 e. The minimum atomic E-state index is -3.61. The second-order valence-electron chi connectivity index (χ2n) is 9.00. The minimum Gasteiger partial charge on any atom is -0.304 e. The molecule has 4 rings (SSSR count). The second kappa shape index (κ2) is 8.20. The van der Waals surface area contributed by atoms with Gasteiger partial charge in [-0.1, -0.05) is 49.4 Å². The summed E-state index contributed by atoms with van der Waals surface area (Å²) in [6.45, 7) is 2.91. The zero-order valence-corrected chi connectivity index (χ0v) is 18.9. The lowest BCUT2D eigenvalue weighted by Gasteiger charge is -2.46. The van der Waals surface area contributed by atoms with Gasteiger partial charge in [0.25, 0.3) is 0 Å². The van der Waals surface area contributed by atoms with Crippen molar-refractivity contribution in [3.63, 3.8) is 0 Å². The van der Waals surface area contributed by atoms with E-state index in [2.05, 4.69) is 0 Å². The number of sulfonamides is 1. The van der Waals surface area contributed by atoms with Crippen LogP contribution in [-0.2, 0) is 14.8 Å². The topological polar surface area (TPSA) is 81.5 Å². The molecule has 2 aromatic rings. The lowest BCUT2D eigenvalue weighted by molar-refractivity contribution is -0.131. The molecule has 0 bridgehead atoms. The van der Waals surface area contributed by atoms with E-state index in [1.54, 1.807) is 23.5 Å². The van der Waals surface area contributed by atoms with Crippen LogP contribution in [0.3, 0.4) is 0 Å². The van der Waals surface area contributed by atoms with Gasteiger partial charge in [0, 0.05) is 33.0 Å². The fourth-order valence-corrected chi connectivity index (χ4v) is 6.32. The molecule has 2 aliphatic heterocycles. The van der Waals surface area contributed by atoms with E-state index in [0.29, 0.717) is 36.7 Å². The van der Waals surface area contributed by atoms with E-state index in [4.69, 9.17) is 5.41 Å². The SMILES string of the molecule is CN1C(=N)C[C@](C)(C2CCCN(S(=O)(=O)c3ccc(-c4ccccc4)cc3)C2)CC1=O. The Morgan fingerprint density at radius 2 is 1.65 bits per heavy atom. The third-order valence-electron chi connectivity index (χ3n) is 6.87. The molecule has 2 aromatic carbocycles. The lowest BCUT2D eigenvalue weighted by atomic mass is 9.67. The highest BCUT2D eigenvalue weighted by Gasteiger charge is 2.45. The molecule has 2 fully saturated rings. The molecule has 0 spiro atoms. The molecule has 2 saturated heterocycles. The Kier molecular flexibility index (Phi) is 5.75. The van der Waals surface area contributed by atoms with E-state index in [1.165, 1.54) is 4.90 Å². The van der Waals surface area contributed by atoms with E-state index in [9.17, 15) is 13.2 Å². The van der Waals surface area contributed by atoms with Crippen molar-refractivity contribution in [1.29, 1.82) is 5.41 Å². The maximum Gasteiger partial charge on any atom is 0.243 e. The van der Waals surface area contributed by atoms with Gasteiger partial charge in [-0.3, -0.25) is 10.2 Å². The van der Waals surface area contributed by atoms with Gasteiger partial charge < -0.3 is 4.90 Å². The van der Waals surface area contributed by atoms with Crippen molar-refractivity contribution < 1.29 is 13.2 Å². The predicted octanol–water partition coefficient (Wildman–Crippen LogP) is 3.99. The van der Waals surface area contributed by atoms with Crippen molar-refractivity contribution in [2.24, 2.45) is 11.3 Å². The number of hydrogen-bond donors (Lipinski definition) is 1. The van der Waals surface area contributed by atoms with Gasteiger partial charge in [0.05, 0.1) is 4.90 Å². The summed E-state index contributed by atoms with van der Waals surface area (Å²) in [4.78, 5) is 14.1. The molecule has 7 heteroatoms. The van der Waals surface area contributed by atoms with E-state index in [0.717, 1.165) is 24.0 Å². The molecular weight excluding hydrogens is 410 g/mol. The third kappa shape index (κ3) is 4.16. The molecule has 0 aliphatic carbocycles. The number of nitrogens with one attached hydrogen (secondary N) is 1. The number of benzene rings is 2. The highest BCUT2D eigenvalue weighted by Crippen LogP contribution is 2.44. The normalized spacial score (nSPS) is 25.6. The number of likely N-dealkylation sites (tertiary alicyclic amines) is 1. The van der Waals surface area contributed by atoms with Gasteiger partial charge in [0.1, 0.15) is 5.84 Å². The van der Waals surface area contributed by atoms with E-state index >= 15 is 0 Å². The lowest BCUT2D eigenvalue weighted by Crippen LogP contribution is -2.51. The summed E-state index contributed by atoms with van der Waals surface area (Å²) in [7, 11) is -1.97. The Labute approximate surface area is 184 Å². The van der Waals surface area contributed by atoms with Gasteiger partial charge in [-0.2, -0.15) is 4.31 Å². The first-order valence-electron chi connectivity index (χ1n) is 10.7. The van der Waals surface area contributed by atoms with Gasteiger partial charge in [0.2, 0.25) is 15.9 Å². The molecule has 0 aromatic heterocycles. The fourth-order valence-electron chi connectivity index (χ4n) is 4.80. The Morgan fingerprint density at radius 3 is 2.29 bits per heavy atom. The van der Waals surface area contributed by atoms with Crippen LogP contribution in [-0.4, -0.2) is 49.5 Å². The first-order chi connectivity index (χ1) is 14.7. The van der Waals surface area contributed by atoms with E-state index in [1.807, 2.05) is 49.4 Å². The molecular formula is C24H29N3O3S. The van der Waals surface area contributed by atoms with Gasteiger partial charge in [-0.25, -0.2) is 8.42 Å². The summed E-state index contributed by atoms with van der Waals surface area (Å²) >= 11 is 0. The van der Waals surface area contributed by atoms with Crippen LogP contribution in [0, 0.1) is 16.7 Å². The fraction of sp³-hybridized carbons (Fsp3) is 0.417. The van der Waals surface area contributed by atoms with Crippen molar-refractivity contribution in [3.8, 4) is 11.1 Å². The van der Waals surface area contributed by atoms with Crippen molar-refractivity contribution in [1.82, 2.24) is 9.21 Å². The van der Waals surface area contributed by atoms with Crippen LogP contribution in [0.1, 0.15) is 32.6 Å². The Balaban J connectivity index is 1.53. The molecule has 1 N–H and O–H groups in total. The maximum atomic E-state index is 13.4. The molecule has 2 atom stereocenters. The van der Waals surface area contributed by atoms with Crippen molar-refractivity contribution >= 4 is 21.8 Å². The van der Waals surface area contributed by atoms with E-state index in [-0.39, 0.29) is 17.2 Å². The van der Waals surface area contributed by atoms with Crippen molar-refractivity contribution in [3.05, 3.63) is 54.6 Å². The maximum absolute atomic E-state index is 13.4. The van der Waals surface area contributed by atoms with Gasteiger partial charge in [-0.15, -0.1) is 0 Å². The zero-order chi connectivity index (χ0) is 22.2. The summed E-state index contributed by atoms with van der Waals surface area (Å²) in [6.07, 6.45) is 2.49. The monoisotopic (exact) mass is 439 g/mol. The number of amidine groups is 1. The largest absolute Gasteiger partial charge is 0.304 e. The molecule has 1 amide bonds. The minimum absolute atomic E-state index is 0.0533. The predicted molar refractivity (Wildman–Crippen MR) is 121 cm³/mol. The second-order valence-corrected chi connectivity index (χ2v) is 10.9. The number of piperidine rings is 2. The molecule has 2 aliphatic rings. The Morgan fingerprint density at radius 1 is 1.00 bits per heavy atom. The van der Waals surface area contributed by atoms with Crippen molar-refractivity contribution in [2.45, 2.75) is 37.5 Å². The van der Waals surface area contributed by atoms with Crippen LogP contribution in [0.25, 0.3) is 11.1 Å². The van der Waals surface area contributed by atoms with Gasteiger partial charge in [-0.05, 0) is 47.4 Å².